The average Bonchev–Trinajstić information content (AvgIpc) is 2.48. The highest BCUT2D eigenvalue weighted by molar-refractivity contribution is 5.55. The molecule has 2 nitrogen and oxygen atoms in total. The Kier molecular flexibility index (Phi) is 3.03. The van der Waals surface area contributed by atoms with Crippen molar-refractivity contribution in [2.24, 2.45) is 11.8 Å². The lowest BCUT2D eigenvalue weighted by Crippen LogP contribution is -2.24. The molecular weight excluding hydrogens is 203 g/mol. The van der Waals surface area contributed by atoms with E-state index in [1.165, 1.54) is 18.6 Å². The van der Waals surface area contributed by atoms with E-state index >= 15 is 0 Å². The Morgan fingerprint density at radius 1 is 1.25 bits per heavy atom. The third-order valence-corrected chi connectivity index (χ3v) is 3.74. The number of nitrogen functional groups attached to an aromatic ring is 1. The van der Waals surface area contributed by atoms with Crippen LogP contribution in [0.3, 0.4) is 0 Å². The topological polar surface area (TPSA) is 38.0 Å². The Labute approximate surface area is 96.0 Å². The Morgan fingerprint density at radius 2 is 2.00 bits per heavy atom. The zero-order valence-electron chi connectivity index (χ0n) is 9.83. The second-order valence-electron chi connectivity index (χ2n) is 4.94. The van der Waals surface area contributed by atoms with Crippen molar-refractivity contribution in [1.82, 2.24) is 0 Å². The van der Waals surface area contributed by atoms with Gasteiger partial charge in [0, 0.05) is 17.4 Å². The minimum atomic E-state index is -0.277. The fourth-order valence-electron chi connectivity index (χ4n) is 2.48. The highest BCUT2D eigenvalue weighted by Crippen LogP contribution is 2.33. The smallest absolute Gasteiger partial charge is 0.127 e. The predicted molar refractivity (Wildman–Crippen MR) is 65.8 cm³/mol. The Morgan fingerprint density at radius 3 is 2.56 bits per heavy atom. The maximum Gasteiger partial charge on any atom is 0.127 e. The molecule has 0 amide bonds. The van der Waals surface area contributed by atoms with Gasteiger partial charge in [-0.15, -0.1) is 0 Å². The number of hydrogen-bond donors (Lipinski definition) is 2. The van der Waals surface area contributed by atoms with Crippen molar-refractivity contribution in [3.05, 3.63) is 24.0 Å². The van der Waals surface area contributed by atoms with Gasteiger partial charge >= 0.3 is 0 Å². The number of nitrogens with one attached hydrogen (secondary N) is 1. The van der Waals surface area contributed by atoms with Gasteiger partial charge in [-0.1, -0.05) is 13.8 Å². The van der Waals surface area contributed by atoms with Crippen molar-refractivity contribution in [2.45, 2.75) is 32.7 Å². The van der Waals surface area contributed by atoms with Gasteiger partial charge in [0.05, 0.1) is 0 Å². The van der Waals surface area contributed by atoms with Gasteiger partial charge < -0.3 is 11.1 Å². The first kappa shape index (κ1) is 11.2. The number of benzene rings is 1. The molecule has 1 fully saturated rings. The second-order valence-corrected chi connectivity index (χ2v) is 4.94. The van der Waals surface area contributed by atoms with Crippen LogP contribution in [0.2, 0.25) is 0 Å². The monoisotopic (exact) mass is 222 g/mol. The lowest BCUT2D eigenvalue weighted by atomic mass is 9.97. The first-order valence-electron chi connectivity index (χ1n) is 5.89. The van der Waals surface area contributed by atoms with Gasteiger partial charge in [0.2, 0.25) is 0 Å². The molecule has 3 atom stereocenters. The van der Waals surface area contributed by atoms with Crippen molar-refractivity contribution in [1.29, 1.82) is 0 Å². The summed E-state index contributed by atoms with van der Waals surface area (Å²) in [4.78, 5) is 0. The van der Waals surface area contributed by atoms with Gasteiger partial charge in [0.1, 0.15) is 5.82 Å². The maximum atomic E-state index is 13.2. The number of rotatable bonds is 2. The molecule has 16 heavy (non-hydrogen) atoms. The second kappa shape index (κ2) is 4.32. The van der Waals surface area contributed by atoms with Crippen LogP contribution in [0, 0.1) is 17.7 Å². The molecule has 0 aromatic heterocycles. The molecule has 0 bridgehead atoms. The van der Waals surface area contributed by atoms with Gasteiger partial charge in [-0.25, -0.2) is 4.39 Å². The van der Waals surface area contributed by atoms with Crippen LogP contribution in [0.5, 0.6) is 0 Å². The minimum absolute atomic E-state index is 0.277. The Hall–Kier alpha value is -1.25. The molecular formula is C13H19FN2. The molecule has 2 rings (SSSR count). The quantitative estimate of drug-likeness (QED) is 0.754. The van der Waals surface area contributed by atoms with E-state index in [2.05, 4.69) is 19.2 Å². The molecule has 3 unspecified atom stereocenters. The zero-order valence-corrected chi connectivity index (χ0v) is 9.83. The van der Waals surface area contributed by atoms with Crippen molar-refractivity contribution in [3.63, 3.8) is 0 Å². The van der Waals surface area contributed by atoms with E-state index in [1.54, 1.807) is 6.07 Å². The number of hydrogen-bond acceptors (Lipinski definition) is 2. The third-order valence-electron chi connectivity index (χ3n) is 3.74. The molecule has 3 N–H and O–H groups in total. The van der Waals surface area contributed by atoms with Crippen molar-refractivity contribution in [2.75, 3.05) is 11.1 Å². The number of halogens is 1. The standard InChI is InChI=1S/C13H19FN2/c1-8-3-4-13(9(8)2)16-12-6-10(14)5-11(15)7-12/h5-9,13,16H,3-4,15H2,1-2H3. The molecule has 88 valence electrons. The van der Waals surface area contributed by atoms with Crippen LogP contribution in [-0.2, 0) is 0 Å². The summed E-state index contributed by atoms with van der Waals surface area (Å²) in [5, 5.41) is 3.38. The number of anilines is 2. The average molecular weight is 222 g/mol. The highest BCUT2D eigenvalue weighted by atomic mass is 19.1. The van der Waals surface area contributed by atoms with Crippen LogP contribution in [-0.4, -0.2) is 6.04 Å². The van der Waals surface area contributed by atoms with E-state index in [0.29, 0.717) is 17.6 Å². The van der Waals surface area contributed by atoms with Crippen LogP contribution in [0.15, 0.2) is 18.2 Å². The molecule has 1 saturated carbocycles. The molecule has 0 heterocycles. The lowest BCUT2D eigenvalue weighted by Gasteiger charge is -2.21. The highest BCUT2D eigenvalue weighted by Gasteiger charge is 2.29. The van der Waals surface area contributed by atoms with Crippen LogP contribution in [0.1, 0.15) is 26.7 Å². The molecule has 0 spiro atoms. The normalized spacial score (nSPS) is 29.3. The van der Waals surface area contributed by atoms with E-state index in [4.69, 9.17) is 5.73 Å². The predicted octanol–water partition coefficient (Wildman–Crippen LogP) is 3.25. The molecule has 0 saturated heterocycles. The fraction of sp³-hybridized carbons (Fsp3) is 0.538. The summed E-state index contributed by atoms with van der Waals surface area (Å²) in [6.45, 7) is 4.52. The van der Waals surface area contributed by atoms with Gasteiger partial charge in [-0.05, 0) is 42.9 Å². The molecule has 1 aliphatic rings. The molecule has 1 aromatic carbocycles. The van der Waals surface area contributed by atoms with Crippen LogP contribution in [0.25, 0.3) is 0 Å². The van der Waals surface area contributed by atoms with Crippen LogP contribution >= 0.6 is 0 Å². The van der Waals surface area contributed by atoms with Gasteiger partial charge in [-0.3, -0.25) is 0 Å². The fourth-order valence-corrected chi connectivity index (χ4v) is 2.48. The van der Waals surface area contributed by atoms with Crippen molar-refractivity contribution in [3.8, 4) is 0 Å². The van der Waals surface area contributed by atoms with Gasteiger partial charge in [0.15, 0.2) is 0 Å². The summed E-state index contributed by atoms with van der Waals surface area (Å²) in [6, 6.07) is 5.08. The lowest BCUT2D eigenvalue weighted by molar-refractivity contribution is 0.435. The van der Waals surface area contributed by atoms with Crippen LogP contribution in [0.4, 0.5) is 15.8 Å². The summed E-state index contributed by atoms with van der Waals surface area (Å²) in [5.41, 5.74) is 6.88. The maximum absolute atomic E-state index is 13.2. The summed E-state index contributed by atoms with van der Waals surface area (Å²) >= 11 is 0. The van der Waals surface area contributed by atoms with E-state index in [0.717, 1.165) is 18.0 Å². The van der Waals surface area contributed by atoms with Gasteiger partial charge in [0.25, 0.3) is 0 Å². The van der Waals surface area contributed by atoms with E-state index in [9.17, 15) is 4.39 Å². The first-order chi connectivity index (χ1) is 7.56. The first-order valence-corrected chi connectivity index (χ1v) is 5.89. The van der Waals surface area contributed by atoms with E-state index < -0.39 is 0 Å². The molecule has 0 aliphatic heterocycles. The molecule has 1 aromatic rings. The van der Waals surface area contributed by atoms with Crippen molar-refractivity contribution < 1.29 is 4.39 Å². The largest absolute Gasteiger partial charge is 0.399 e. The molecule has 1 aliphatic carbocycles. The summed E-state index contributed by atoms with van der Waals surface area (Å²) < 4.78 is 13.2. The van der Waals surface area contributed by atoms with Crippen LogP contribution < -0.4 is 11.1 Å². The number of nitrogens with two attached hydrogens (primary N) is 1. The summed E-state index contributed by atoms with van der Waals surface area (Å²) in [6.07, 6.45) is 2.39. The van der Waals surface area contributed by atoms with E-state index in [-0.39, 0.29) is 5.82 Å². The van der Waals surface area contributed by atoms with E-state index in [1.807, 2.05) is 0 Å². The SMILES string of the molecule is CC1CCC(Nc2cc(N)cc(F)c2)C1C. The van der Waals surface area contributed by atoms with Crippen molar-refractivity contribution >= 4 is 11.4 Å². The summed E-state index contributed by atoms with van der Waals surface area (Å²) in [5.74, 6) is 1.09. The zero-order chi connectivity index (χ0) is 11.7. The Bertz CT molecular complexity index is 358. The summed E-state index contributed by atoms with van der Waals surface area (Å²) in [7, 11) is 0. The molecule has 3 heteroatoms. The third kappa shape index (κ3) is 2.29. The van der Waals surface area contributed by atoms with Gasteiger partial charge in [-0.2, -0.15) is 0 Å². The minimum Gasteiger partial charge on any atom is -0.399 e. The Balaban J connectivity index is 2.09. The molecule has 0 radical (unpaired) electrons.